The first-order valence-corrected chi connectivity index (χ1v) is 14.9. The van der Waals surface area contributed by atoms with E-state index in [4.69, 9.17) is 4.84 Å². The quantitative estimate of drug-likeness (QED) is 0.230. The lowest BCUT2D eigenvalue weighted by molar-refractivity contribution is -0.221. The Balaban J connectivity index is 1.62. The normalized spacial score (nSPS) is 16.7. The summed E-state index contributed by atoms with van der Waals surface area (Å²) in [6.45, 7) is 0.291. The highest BCUT2D eigenvalue weighted by atomic mass is 79.9. The van der Waals surface area contributed by atoms with E-state index in [1.165, 1.54) is 17.2 Å². The highest BCUT2D eigenvalue weighted by molar-refractivity contribution is 9.10. The first-order valence-electron chi connectivity index (χ1n) is 12.6. The average molecular weight is 591 g/mol. The van der Waals surface area contributed by atoms with Crippen LogP contribution in [-0.2, 0) is 25.1 Å². The van der Waals surface area contributed by atoms with Crippen molar-refractivity contribution in [1.82, 2.24) is 5.06 Å². The summed E-state index contributed by atoms with van der Waals surface area (Å²) in [5.74, 6) is -0.544. The lowest BCUT2D eigenvalue weighted by Gasteiger charge is -2.39. The summed E-state index contributed by atoms with van der Waals surface area (Å²) in [7, 11) is -3.93. The second-order valence-corrected chi connectivity index (χ2v) is 12.3. The number of amides is 1. The fraction of sp³-hybridized carbons (Fsp3) is 0.194. The van der Waals surface area contributed by atoms with Crippen molar-refractivity contribution in [3.63, 3.8) is 0 Å². The van der Waals surface area contributed by atoms with Gasteiger partial charge in [-0.1, -0.05) is 107 Å². The van der Waals surface area contributed by atoms with Crippen LogP contribution in [0.2, 0.25) is 0 Å². The van der Waals surface area contributed by atoms with E-state index in [0.717, 1.165) is 21.2 Å². The van der Waals surface area contributed by atoms with Gasteiger partial charge in [0.1, 0.15) is 5.25 Å². The number of hydrogen-bond donors (Lipinski definition) is 0. The molecule has 1 aliphatic rings. The van der Waals surface area contributed by atoms with Crippen molar-refractivity contribution in [3.05, 3.63) is 136 Å². The standard InChI is InChI=1S/C31H28BrNO4S/c32-27-19-21-28(22-20-27)38(35,36)29-18-10-11-23-33(30(29)34)37-31(24-12-4-1-5-13-24,25-14-6-2-7-15-25)26-16-8-3-9-17-26/h1-9,12-17,19-22,29H,10-11,18,23H2. The molecule has 0 spiro atoms. The zero-order chi connectivity index (χ0) is 26.6. The average Bonchev–Trinajstić information content (AvgIpc) is 3.14. The molecule has 1 atom stereocenters. The van der Waals surface area contributed by atoms with Gasteiger partial charge < -0.3 is 0 Å². The first kappa shape index (κ1) is 26.4. The highest BCUT2D eigenvalue weighted by Crippen LogP contribution is 2.42. The molecule has 0 saturated carbocycles. The third kappa shape index (κ3) is 5.06. The SMILES string of the molecule is O=C1C(S(=O)(=O)c2ccc(Br)cc2)CCCCN1OC(c1ccccc1)(c1ccccc1)c1ccccc1. The highest BCUT2D eigenvalue weighted by Gasteiger charge is 2.45. The van der Waals surface area contributed by atoms with E-state index < -0.39 is 26.6 Å². The van der Waals surface area contributed by atoms with Crippen molar-refractivity contribution in [1.29, 1.82) is 0 Å². The molecule has 1 aliphatic heterocycles. The van der Waals surface area contributed by atoms with Crippen molar-refractivity contribution >= 4 is 31.7 Å². The van der Waals surface area contributed by atoms with E-state index >= 15 is 0 Å². The molecular weight excluding hydrogens is 562 g/mol. The number of rotatable bonds is 7. The fourth-order valence-electron chi connectivity index (χ4n) is 4.99. The number of hydroxylamine groups is 2. The molecule has 1 heterocycles. The van der Waals surface area contributed by atoms with Gasteiger partial charge in [0.25, 0.3) is 5.91 Å². The number of halogens is 1. The molecule has 0 radical (unpaired) electrons. The van der Waals surface area contributed by atoms with Crippen LogP contribution in [-0.4, -0.2) is 31.2 Å². The van der Waals surface area contributed by atoms with Gasteiger partial charge in [-0.05, 0) is 60.2 Å². The molecule has 1 fully saturated rings. The maximum absolute atomic E-state index is 14.0. The third-order valence-corrected chi connectivity index (χ3v) is 9.55. The van der Waals surface area contributed by atoms with Crippen LogP contribution < -0.4 is 0 Å². The monoisotopic (exact) mass is 589 g/mol. The van der Waals surface area contributed by atoms with Crippen molar-refractivity contribution in [2.24, 2.45) is 0 Å². The number of benzene rings is 4. The minimum Gasteiger partial charge on any atom is -0.271 e. The molecule has 194 valence electrons. The molecule has 1 saturated heterocycles. The number of carbonyl (C=O) groups excluding carboxylic acids is 1. The number of hydrogen-bond acceptors (Lipinski definition) is 4. The van der Waals surface area contributed by atoms with Gasteiger partial charge in [-0.15, -0.1) is 0 Å². The third-order valence-electron chi connectivity index (χ3n) is 6.90. The summed E-state index contributed by atoms with van der Waals surface area (Å²) in [6.07, 6.45) is 1.47. The van der Waals surface area contributed by atoms with Gasteiger partial charge in [0.05, 0.1) is 4.90 Å². The van der Waals surface area contributed by atoms with E-state index in [2.05, 4.69) is 15.9 Å². The minimum atomic E-state index is -3.93. The maximum atomic E-state index is 14.0. The van der Waals surface area contributed by atoms with E-state index in [1.54, 1.807) is 12.1 Å². The number of sulfone groups is 1. The summed E-state index contributed by atoms with van der Waals surface area (Å²) >= 11 is 3.35. The molecule has 5 nitrogen and oxygen atoms in total. The van der Waals surface area contributed by atoms with Crippen LogP contribution in [0.1, 0.15) is 36.0 Å². The predicted molar refractivity (Wildman–Crippen MR) is 151 cm³/mol. The van der Waals surface area contributed by atoms with Crippen LogP contribution in [0.15, 0.2) is 125 Å². The van der Waals surface area contributed by atoms with Crippen LogP contribution in [0.5, 0.6) is 0 Å². The predicted octanol–water partition coefficient (Wildman–Crippen LogP) is 6.53. The van der Waals surface area contributed by atoms with Crippen LogP contribution in [0.4, 0.5) is 0 Å². The van der Waals surface area contributed by atoms with Gasteiger partial charge in [0.2, 0.25) is 0 Å². The minimum absolute atomic E-state index is 0.126. The van der Waals surface area contributed by atoms with Crippen LogP contribution in [0.3, 0.4) is 0 Å². The molecule has 5 rings (SSSR count). The zero-order valence-electron chi connectivity index (χ0n) is 20.7. The van der Waals surface area contributed by atoms with Gasteiger partial charge in [-0.25, -0.2) is 18.3 Å². The van der Waals surface area contributed by atoms with Crippen molar-refractivity contribution in [3.8, 4) is 0 Å². The van der Waals surface area contributed by atoms with Crippen LogP contribution >= 0.6 is 15.9 Å². The smallest absolute Gasteiger partial charge is 0.264 e. The summed E-state index contributed by atoms with van der Waals surface area (Å²) in [5, 5.41) is 0.0624. The zero-order valence-corrected chi connectivity index (χ0v) is 23.1. The Morgan fingerprint density at radius 3 is 1.66 bits per heavy atom. The summed E-state index contributed by atoms with van der Waals surface area (Å²) < 4.78 is 28.1. The second kappa shape index (κ2) is 11.2. The van der Waals surface area contributed by atoms with Gasteiger partial charge in [0, 0.05) is 11.0 Å². The Morgan fingerprint density at radius 1 is 0.711 bits per heavy atom. The molecule has 0 N–H and O–H groups in total. The second-order valence-electron chi connectivity index (χ2n) is 9.29. The Bertz CT molecular complexity index is 1380. The molecular formula is C31H28BrNO4S. The van der Waals surface area contributed by atoms with Crippen LogP contribution in [0, 0.1) is 0 Å². The molecule has 1 unspecified atom stereocenters. The number of carbonyl (C=O) groups is 1. The Labute approximate surface area is 232 Å². The Morgan fingerprint density at radius 2 is 1.18 bits per heavy atom. The largest absolute Gasteiger partial charge is 0.271 e. The Kier molecular flexibility index (Phi) is 7.79. The summed E-state index contributed by atoms with van der Waals surface area (Å²) in [4.78, 5) is 21.0. The molecule has 4 aromatic rings. The topological polar surface area (TPSA) is 63.7 Å². The van der Waals surface area contributed by atoms with Crippen molar-refractivity contribution in [2.75, 3.05) is 6.54 Å². The molecule has 0 bridgehead atoms. The van der Waals surface area contributed by atoms with Gasteiger partial charge in [-0.2, -0.15) is 0 Å². The van der Waals surface area contributed by atoms with E-state index in [9.17, 15) is 13.2 Å². The van der Waals surface area contributed by atoms with Gasteiger partial charge >= 0.3 is 0 Å². The lowest BCUT2D eigenvalue weighted by atomic mass is 9.80. The lowest BCUT2D eigenvalue weighted by Crippen LogP contribution is -2.47. The molecule has 38 heavy (non-hydrogen) atoms. The molecule has 0 aromatic heterocycles. The van der Waals surface area contributed by atoms with Crippen LogP contribution in [0.25, 0.3) is 0 Å². The summed E-state index contributed by atoms with van der Waals surface area (Å²) in [5.41, 5.74) is 1.33. The molecule has 4 aromatic carbocycles. The summed E-state index contributed by atoms with van der Waals surface area (Å²) in [6, 6.07) is 35.6. The van der Waals surface area contributed by atoms with Crippen molar-refractivity contribution in [2.45, 2.75) is 35.0 Å². The number of nitrogens with zero attached hydrogens (tertiary/aromatic N) is 1. The van der Waals surface area contributed by atoms with Crippen molar-refractivity contribution < 1.29 is 18.0 Å². The van der Waals surface area contributed by atoms with E-state index in [1.807, 2.05) is 91.0 Å². The fourth-order valence-corrected chi connectivity index (χ4v) is 6.96. The van der Waals surface area contributed by atoms with E-state index in [-0.39, 0.29) is 11.3 Å². The van der Waals surface area contributed by atoms with Gasteiger partial charge in [0.15, 0.2) is 15.4 Å². The molecule has 7 heteroatoms. The van der Waals surface area contributed by atoms with Gasteiger partial charge in [-0.3, -0.25) is 4.79 Å². The molecule has 0 aliphatic carbocycles. The van der Waals surface area contributed by atoms with E-state index in [0.29, 0.717) is 19.4 Å². The first-order chi connectivity index (χ1) is 18.4. The molecule has 1 amide bonds. The Hall–Kier alpha value is -3.26. The maximum Gasteiger partial charge on any atom is 0.264 e.